The number of aliphatic hydroxyl groups is 1. The number of allylic oxidation sites excluding steroid dienone is 4. The van der Waals surface area contributed by atoms with E-state index in [1.807, 2.05) is 0 Å². The summed E-state index contributed by atoms with van der Waals surface area (Å²) in [6.45, 7) is -0.440. The molecule has 0 spiro atoms. The lowest BCUT2D eigenvalue weighted by atomic mass is 9.96. The molecule has 0 saturated heterocycles. The Balaban J connectivity index is 1.34. The molecule has 3 N–H and O–H groups in total. The largest absolute Gasteiger partial charge is 0.490 e. The average molecular weight is 472 g/mol. The van der Waals surface area contributed by atoms with Crippen molar-refractivity contribution >= 4 is 23.5 Å². The summed E-state index contributed by atoms with van der Waals surface area (Å²) in [6.07, 6.45) is 5.93. The first-order valence-electron chi connectivity index (χ1n) is 10.2. The fourth-order valence-electron chi connectivity index (χ4n) is 3.64. The molecule has 0 aromatic carbocycles. The van der Waals surface area contributed by atoms with Gasteiger partial charge in [-0.1, -0.05) is 24.3 Å². The Morgan fingerprint density at radius 2 is 1.24 bits per heavy atom. The monoisotopic (exact) mass is 472 g/mol. The fourth-order valence-corrected chi connectivity index (χ4v) is 3.64. The summed E-state index contributed by atoms with van der Waals surface area (Å²) in [5.41, 5.74) is 0.689. The number of ketones is 2. The van der Waals surface area contributed by atoms with E-state index in [2.05, 4.69) is 0 Å². The maximum Gasteiger partial charge on any atom is 0.341 e. The van der Waals surface area contributed by atoms with Gasteiger partial charge in [0, 0.05) is 11.1 Å². The van der Waals surface area contributed by atoms with Gasteiger partial charge in [0.05, 0.1) is 0 Å². The first-order valence-corrected chi connectivity index (χ1v) is 10.2. The van der Waals surface area contributed by atoms with Crippen LogP contribution in [0.25, 0.3) is 0 Å². The van der Waals surface area contributed by atoms with Crippen molar-refractivity contribution in [3.63, 3.8) is 0 Å². The molecule has 2 aliphatic carbocycles. The van der Waals surface area contributed by atoms with Crippen LogP contribution in [0.1, 0.15) is 0 Å². The van der Waals surface area contributed by atoms with E-state index in [1.54, 1.807) is 36.5 Å². The van der Waals surface area contributed by atoms with Crippen LogP contribution in [0.15, 0.2) is 71.3 Å². The highest BCUT2D eigenvalue weighted by Gasteiger charge is 2.38. The Labute approximate surface area is 192 Å². The summed E-state index contributed by atoms with van der Waals surface area (Å²) in [7, 11) is 0. The van der Waals surface area contributed by atoms with Gasteiger partial charge in [-0.2, -0.15) is 0 Å². The summed E-state index contributed by atoms with van der Waals surface area (Å²) in [4.78, 5) is 46.3. The summed E-state index contributed by atoms with van der Waals surface area (Å²) < 4.78 is 21.8. The van der Waals surface area contributed by atoms with E-state index in [-0.39, 0.29) is 24.7 Å². The van der Waals surface area contributed by atoms with Crippen molar-refractivity contribution in [2.24, 2.45) is 0 Å². The average Bonchev–Trinajstić information content (AvgIpc) is 2.80. The maximum absolute atomic E-state index is 12.0. The predicted octanol–water partition coefficient (Wildman–Crippen LogP) is -0.0171. The second-order valence-electron chi connectivity index (χ2n) is 7.66. The third-order valence-electron chi connectivity index (χ3n) is 5.24. The zero-order valence-electron chi connectivity index (χ0n) is 17.5. The lowest BCUT2D eigenvalue weighted by molar-refractivity contribution is -0.158. The molecule has 2 heterocycles. The van der Waals surface area contributed by atoms with Crippen molar-refractivity contribution in [2.45, 2.75) is 30.5 Å². The van der Waals surface area contributed by atoms with Gasteiger partial charge in [-0.05, 0) is 24.3 Å². The number of aliphatic carboxylic acids is 2. The molecule has 0 saturated carbocycles. The molecule has 0 amide bonds. The van der Waals surface area contributed by atoms with E-state index in [1.165, 1.54) is 0 Å². The zero-order valence-corrected chi connectivity index (χ0v) is 17.5. The van der Waals surface area contributed by atoms with Gasteiger partial charge < -0.3 is 34.3 Å². The number of fused-ring (bicyclic) bond motifs is 2. The Hall–Kier alpha value is -3.80. The number of carbonyl (C=O) groups is 4. The van der Waals surface area contributed by atoms with Gasteiger partial charge in [0.15, 0.2) is 11.6 Å². The second-order valence-corrected chi connectivity index (χ2v) is 7.66. The quantitative estimate of drug-likeness (QED) is 0.407. The van der Waals surface area contributed by atoms with Crippen LogP contribution in [0, 0.1) is 0 Å². The zero-order chi connectivity index (χ0) is 24.4. The summed E-state index contributed by atoms with van der Waals surface area (Å²) in [5.74, 6) is -3.71. The van der Waals surface area contributed by atoms with Crippen LogP contribution in [0.3, 0.4) is 0 Å². The molecule has 2 aliphatic heterocycles. The number of ether oxygens (including phenoxy) is 4. The SMILES string of the molecule is O=C(O)C1OC2C=CC=C(OCC(O)COC3=CC=CC4OC(C(=O)O)C(=O)C=C34)C2=CC1=O. The molecule has 11 heteroatoms. The van der Waals surface area contributed by atoms with E-state index in [4.69, 9.17) is 29.2 Å². The molecule has 34 heavy (non-hydrogen) atoms. The summed E-state index contributed by atoms with van der Waals surface area (Å²) in [5, 5.41) is 28.5. The molecule has 4 atom stereocenters. The molecule has 178 valence electrons. The van der Waals surface area contributed by atoms with Crippen molar-refractivity contribution < 1.29 is 53.4 Å². The van der Waals surface area contributed by atoms with Gasteiger partial charge in [0.25, 0.3) is 0 Å². The van der Waals surface area contributed by atoms with Crippen LogP contribution in [0.2, 0.25) is 0 Å². The van der Waals surface area contributed by atoms with Gasteiger partial charge in [-0.3, -0.25) is 9.59 Å². The Morgan fingerprint density at radius 3 is 1.62 bits per heavy atom. The molecule has 0 aromatic rings. The molecule has 4 aliphatic rings. The van der Waals surface area contributed by atoms with Crippen LogP contribution in [-0.2, 0) is 38.1 Å². The smallest absolute Gasteiger partial charge is 0.341 e. The van der Waals surface area contributed by atoms with Crippen LogP contribution in [0.5, 0.6) is 0 Å². The normalized spacial score (nSPS) is 28.5. The third kappa shape index (κ3) is 4.76. The fraction of sp³-hybridized carbons (Fsp3) is 0.304. The van der Waals surface area contributed by atoms with E-state index in [0.29, 0.717) is 11.1 Å². The molecular formula is C23H20O11. The maximum atomic E-state index is 12.0. The number of hydrogen-bond acceptors (Lipinski definition) is 9. The van der Waals surface area contributed by atoms with Gasteiger partial charge >= 0.3 is 11.9 Å². The Kier molecular flexibility index (Phi) is 6.59. The number of carbonyl (C=O) groups excluding carboxylic acids is 2. The first-order chi connectivity index (χ1) is 16.2. The number of rotatable bonds is 8. The molecule has 0 radical (unpaired) electrons. The Bertz CT molecular complexity index is 1020. The molecule has 11 nitrogen and oxygen atoms in total. The minimum Gasteiger partial charge on any atom is -0.490 e. The number of hydrogen-bond donors (Lipinski definition) is 3. The molecule has 0 fully saturated rings. The highest BCUT2D eigenvalue weighted by Crippen LogP contribution is 2.30. The molecular weight excluding hydrogens is 452 g/mol. The van der Waals surface area contributed by atoms with E-state index < -0.39 is 54.0 Å². The van der Waals surface area contributed by atoms with Crippen LogP contribution >= 0.6 is 0 Å². The van der Waals surface area contributed by atoms with E-state index in [9.17, 15) is 24.3 Å². The first kappa shape index (κ1) is 23.4. The topological polar surface area (TPSA) is 166 Å². The summed E-state index contributed by atoms with van der Waals surface area (Å²) in [6, 6.07) is 0. The van der Waals surface area contributed by atoms with Crippen LogP contribution in [-0.4, -0.2) is 82.6 Å². The van der Waals surface area contributed by atoms with Crippen molar-refractivity contribution in [2.75, 3.05) is 13.2 Å². The van der Waals surface area contributed by atoms with Crippen molar-refractivity contribution in [1.29, 1.82) is 0 Å². The molecule has 4 rings (SSSR count). The van der Waals surface area contributed by atoms with Crippen LogP contribution in [0.4, 0.5) is 0 Å². The highest BCUT2D eigenvalue weighted by atomic mass is 16.5. The van der Waals surface area contributed by atoms with Crippen molar-refractivity contribution in [3.05, 3.63) is 71.3 Å². The van der Waals surface area contributed by atoms with Crippen LogP contribution < -0.4 is 0 Å². The van der Waals surface area contributed by atoms with E-state index in [0.717, 1.165) is 12.2 Å². The minimum absolute atomic E-state index is 0.220. The van der Waals surface area contributed by atoms with E-state index >= 15 is 0 Å². The number of carboxylic acid groups (broad SMARTS) is 2. The third-order valence-corrected chi connectivity index (χ3v) is 5.24. The number of carboxylic acids is 2. The van der Waals surface area contributed by atoms with Crippen molar-refractivity contribution in [1.82, 2.24) is 0 Å². The van der Waals surface area contributed by atoms with Gasteiger partial charge in [0.1, 0.15) is 43.0 Å². The molecule has 0 bridgehead atoms. The highest BCUT2D eigenvalue weighted by molar-refractivity contribution is 6.09. The van der Waals surface area contributed by atoms with Gasteiger partial charge in [0.2, 0.25) is 12.2 Å². The Morgan fingerprint density at radius 1 is 0.824 bits per heavy atom. The lowest BCUT2D eigenvalue weighted by Crippen LogP contribution is -2.41. The van der Waals surface area contributed by atoms with Crippen molar-refractivity contribution in [3.8, 4) is 0 Å². The van der Waals surface area contributed by atoms with Gasteiger partial charge in [-0.15, -0.1) is 0 Å². The standard InChI is InChI=1S/C23H20O11/c24-11(9-31-16-3-1-5-18-12(16)7-14(25)20(33-18)22(27)28)10-32-17-4-2-6-19-13(17)8-15(26)21(34-19)23(29)30/h1-8,11,18-21,24H,9-10H2,(H,27,28)(H,29,30). The van der Waals surface area contributed by atoms with Gasteiger partial charge in [-0.25, -0.2) is 9.59 Å². The lowest BCUT2D eigenvalue weighted by Gasteiger charge is -2.30. The minimum atomic E-state index is -1.59. The predicted molar refractivity (Wildman–Crippen MR) is 111 cm³/mol. The molecule has 4 unspecified atom stereocenters. The second kappa shape index (κ2) is 9.59. The molecule has 0 aromatic heterocycles. The summed E-state index contributed by atoms with van der Waals surface area (Å²) >= 11 is 0. The number of aliphatic hydroxyl groups excluding tert-OH is 1.